The summed E-state index contributed by atoms with van der Waals surface area (Å²) in [5.74, 6) is 0.817. The van der Waals surface area contributed by atoms with E-state index in [1.165, 1.54) is 7.11 Å². The molecule has 0 fully saturated rings. The fourth-order valence-corrected chi connectivity index (χ4v) is 3.07. The van der Waals surface area contributed by atoms with Gasteiger partial charge >= 0.3 is 0 Å². The van der Waals surface area contributed by atoms with Crippen molar-refractivity contribution in [2.24, 2.45) is 5.92 Å². The summed E-state index contributed by atoms with van der Waals surface area (Å²) in [6.45, 7) is 5.16. The molecule has 0 aliphatic rings. The van der Waals surface area contributed by atoms with E-state index in [4.69, 9.17) is 4.74 Å². The highest BCUT2D eigenvalue weighted by Gasteiger charge is 2.19. The van der Waals surface area contributed by atoms with Crippen LogP contribution in [0.2, 0.25) is 0 Å². The predicted octanol–water partition coefficient (Wildman–Crippen LogP) is 1.74. The Morgan fingerprint density at radius 3 is 2.55 bits per heavy atom. The molecule has 0 atom stereocenters. The number of sulfonamides is 1. The number of hydrogen-bond acceptors (Lipinski definition) is 4. The van der Waals surface area contributed by atoms with Gasteiger partial charge in [-0.2, -0.15) is 0 Å². The zero-order valence-electron chi connectivity index (χ0n) is 12.6. The van der Waals surface area contributed by atoms with Crippen LogP contribution in [0.4, 0.5) is 0 Å². The number of nitrogens with one attached hydrogen (secondary N) is 2. The summed E-state index contributed by atoms with van der Waals surface area (Å²) in [6.07, 6.45) is 0.803. The van der Waals surface area contributed by atoms with Crippen molar-refractivity contribution in [1.82, 2.24) is 10.0 Å². The smallest absolute Gasteiger partial charge is 0.244 e. The number of hydrogen-bond donors (Lipinski definition) is 2. The summed E-state index contributed by atoms with van der Waals surface area (Å²) in [7, 11) is -0.251. The van der Waals surface area contributed by atoms with Gasteiger partial charge in [-0.1, -0.05) is 19.9 Å². The molecule has 0 bridgehead atoms. The van der Waals surface area contributed by atoms with Gasteiger partial charge in [0, 0.05) is 13.1 Å². The molecule has 0 saturated carbocycles. The van der Waals surface area contributed by atoms with Crippen molar-refractivity contribution in [3.8, 4) is 5.75 Å². The van der Waals surface area contributed by atoms with Crippen LogP contribution in [0.1, 0.15) is 25.8 Å². The van der Waals surface area contributed by atoms with Gasteiger partial charge in [-0.25, -0.2) is 13.1 Å². The first-order valence-corrected chi connectivity index (χ1v) is 8.20. The average molecular weight is 300 g/mol. The van der Waals surface area contributed by atoms with Crippen LogP contribution in [0.15, 0.2) is 23.1 Å². The van der Waals surface area contributed by atoms with Crippen molar-refractivity contribution >= 4 is 10.0 Å². The van der Waals surface area contributed by atoms with Crippen molar-refractivity contribution < 1.29 is 13.2 Å². The molecule has 0 radical (unpaired) electrons. The van der Waals surface area contributed by atoms with Gasteiger partial charge < -0.3 is 10.1 Å². The van der Waals surface area contributed by atoms with Crippen molar-refractivity contribution in [3.05, 3.63) is 23.8 Å². The lowest BCUT2D eigenvalue weighted by Crippen LogP contribution is -2.26. The fraction of sp³-hybridized carbons (Fsp3) is 0.571. The molecule has 5 nitrogen and oxygen atoms in total. The van der Waals surface area contributed by atoms with Gasteiger partial charge in [-0.3, -0.25) is 0 Å². The third kappa shape index (κ3) is 4.77. The maximum absolute atomic E-state index is 12.3. The van der Waals surface area contributed by atoms with Crippen LogP contribution in [-0.2, 0) is 16.6 Å². The molecule has 1 rings (SSSR count). The number of ether oxygens (including phenoxy) is 1. The van der Waals surface area contributed by atoms with Gasteiger partial charge in [-0.15, -0.1) is 0 Å². The fourth-order valence-electron chi connectivity index (χ4n) is 1.80. The first kappa shape index (κ1) is 16.9. The molecule has 0 spiro atoms. The minimum absolute atomic E-state index is 0.191. The van der Waals surface area contributed by atoms with Crippen LogP contribution in [0.5, 0.6) is 5.75 Å². The first-order chi connectivity index (χ1) is 9.40. The van der Waals surface area contributed by atoms with Crippen LogP contribution in [0.25, 0.3) is 0 Å². The molecule has 0 aliphatic carbocycles. The molecule has 2 N–H and O–H groups in total. The lowest BCUT2D eigenvalue weighted by Gasteiger charge is -2.13. The Balaban J connectivity index is 2.99. The topological polar surface area (TPSA) is 67.4 Å². The minimum Gasteiger partial charge on any atom is -0.495 e. The third-order valence-electron chi connectivity index (χ3n) is 2.91. The molecule has 0 saturated heterocycles. The highest BCUT2D eigenvalue weighted by Crippen LogP contribution is 2.24. The molecule has 114 valence electrons. The Hall–Kier alpha value is -1.11. The van der Waals surface area contributed by atoms with Crippen LogP contribution in [0, 0.1) is 5.92 Å². The van der Waals surface area contributed by atoms with E-state index >= 15 is 0 Å². The predicted molar refractivity (Wildman–Crippen MR) is 80.4 cm³/mol. The van der Waals surface area contributed by atoms with Crippen molar-refractivity contribution in [3.63, 3.8) is 0 Å². The average Bonchev–Trinajstić information content (AvgIpc) is 2.38. The third-order valence-corrected chi connectivity index (χ3v) is 4.39. The molecule has 0 aliphatic heterocycles. The highest BCUT2D eigenvalue weighted by atomic mass is 32.2. The standard InChI is InChI=1S/C14H24N2O3S/c1-11(2)7-8-16-20(17,18)14-9-12(10-15-3)5-6-13(14)19-4/h5-6,9,11,15-16H,7-8,10H2,1-4H3. The molecule has 0 amide bonds. The number of benzene rings is 1. The zero-order chi connectivity index (χ0) is 15.2. The maximum Gasteiger partial charge on any atom is 0.244 e. The van der Waals surface area contributed by atoms with E-state index < -0.39 is 10.0 Å². The van der Waals surface area contributed by atoms with E-state index in [2.05, 4.69) is 23.9 Å². The number of rotatable bonds is 8. The molecule has 1 aromatic carbocycles. The van der Waals surface area contributed by atoms with E-state index in [1.807, 2.05) is 13.1 Å². The lowest BCUT2D eigenvalue weighted by atomic mass is 10.1. The molecule has 0 aromatic heterocycles. The van der Waals surface area contributed by atoms with E-state index in [1.54, 1.807) is 12.1 Å². The largest absolute Gasteiger partial charge is 0.495 e. The van der Waals surface area contributed by atoms with Crippen LogP contribution >= 0.6 is 0 Å². The second kappa shape index (κ2) is 7.61. The van der Waals surface area contributed by atoms with Crippen molar-refractivity contribution in [2.45, 2.75) is 31.7 Å². The molecule has 0 unspecified atom stereocenters. The van der Waals surface area contributed by atoms with E-state index in [0.29, 0.717) is 24.8 Å². The van der Waals surface area contributed by atoms with Crippen molar-refractivity contribution in [1.29, 1.82) is 0 Å². The first-order valence-electron chi connectivity index (χ1n) is 6.72. The van der Waals surface area contributed by atoms with E-state index in [9.17, 15) is 8.42 Å². The van der Waals surface area contributed by atoms with Gasteiger partial charge in [-0.05, 0) is 37.1 Å². The SMILES string of the molecule is CNCc1ccc(OC)c(S(=O)(=O)NCCC(C)C)c1. The summed E-state index contributed by atoms with van der Waals surface area (Å²) in [5, 5.41) is 3.00. The Labute approximate surface area is 121 Å². The summed E-state index contributed by atoms with van der Waals surface area (Å²) in [6, 6.07) is 5.18. The molecule has 20 heavy (non-hydrogen) atoms. The minimum atomic E-state index is -3.54. The molecule has 1 aromatic rings. The van der Waals surface area contributed by atoms with Gasteiger partial charge in [0.15, 0.2) is 0 Å². The Morgan fingerprint density at radius 1 is 1.30 bits per heavy atom. The lowest BCUT2D eigenvalue weighted by molar-refractivity contribution is 0.402. The van der Waals surface area contributed by atoms with Gasteiger partial charge in [0.05, 0.1) is 7.11 Å². The summed E-state index contributed by atoms with van der Waals surface area (Å²) in [5.41, 5.74) is 0.900. The summed E-state index contributed by atoms with van der Waals surface area (Å²) < 4.78 is 32.5. The van der Waals surface area contributed by atoms with Gasteiger partial charge in [0.25, 0.3) is 0 Å². The van der Waals surface area contributed by atoms with E-state index in [0.717, 1.165) is 12.0 Å². The Bertz CT molecular complexity index is 527. The Kier molecular flexibility index (Phi) is 6.45. The summed E-state index contributed by atoms with van der Waals surface area (Å²) >= 11 is 0. The van der Waals surface area contributed by atoms with Gasteiger partial charge in [0.1, 0.15) is 10.6 Å². The molecular weight excluding hydrogens is 276 g/mol. The maximum atomic E-state index is 12.3. The number of methoxy groups -OCH3 is 1. The van der Waals surface area contributed by atoms with Crippen LogP contribution in [-0.4, -0.2) is 29.1 Å². The highest BCUT2D eigenvalue weighted by molar-refractivity contribution is 7.89. The van der Waals surface area contributed by atoms with Crippen LogP contribution in [0.3, 0.4) is 0 Å². The quantitative estimate of drug-likeness (QED) is 0.767. The zero-order valence-corrected chi connectivity index (χ0v) is 13.4. The van der Waals surface area contributed by atoms with Crippen LogP contribution < -0.4 is 14.8 Å². The normalized spacial score (nSPS) is 11.8. The second-order valence-corrected chi connectivity index (χ2v) is 6.83. The summed E-state index contributed by atoms with van der Waals surface area (Å²) in [4.78, 5) is 0.191. The molecule has 0 heterocycles. The van der Waals surface area contributed by atoms with Gasteiger partial charge in [0.2, 0.25) is 10.0 Å². The van der Waals surface area contributed by atoms with Crippen molar-refractivity contribution in [2.75, 3.05) is 20.7 Å². The monoisotopic (exact) mass is 300 g/mol. The Morgan fingerprint density at radius 2 is 2.00 bits per heavy atom. The second-order valence-electron chi connectivity index (χ2n) is 5.10. The molecular formula is C14H24N2O3S. The van der Waals surface area contributed by atoms with E-state index in [-0.39, 0.29) is 4.90 Å². The molecule has 6 heteroatoms.